The molecule has 5 heteroatoms. The van der Waals surface area contributed by atoms with E-state index < -0.39 is 0 Å². The average molecular weight is 252 g/mol. The second-order valence-electron chi connectivity index (χ2n) is 4.36. The molecule has 2 N–H and O–H groups in total. The second-order valence-corrected chi connectivity index (χ2v) is 4.36. The Kier molecular flexibility index (Phi) is 7.10. The second kappa shape index (κ2) is 8.69. The molecular weight excluding hydrogens is 228 g/mol. The van der Waals surface area contributed by atoms with Crippen LogP contribution in [-0.2, 0) is 17.9 Å². The highest BCUT2D eigenvalue weighted by Gasteiger charge is 2.02. The first kappa shape index (κ1) is 14.7. The zero-order valence-electron chi connectivity index (χ0n) is 11.4. The van der Waals surface area contributed by atoms with E-state index in [1.54, 1.807) is 0 Å². The first-order valence-electron chi connectivity index (χ1n) is 6.74. The van der Waals surface area contributed by atoms with Crippen LogP contribution in [0.15, 0.2) is 12.5 Å². The van der Waals surface area contributed by atoms with Crippen LogP contribution in [0, 0.1) is 0 Å². The Labute approximate surface area is 109 Å². The van der Waals surface area contributed by atoms with Gasteiger partial charge in [-0.1, -0.05) is 13.8 Å². The molecule has 102 valence electrons. The van der Waals surface area contributed by atoms with Crippen LogP contribution >= 0.6 is 0 Å². The zero-order chi connectivity index (χ0) is 13.2. The summed E-state index contributed by atoms with van der Waals surface area (Å²) >= 11 is 0. The molecular formula is C13H24N4O. The van der Waals surface area contributed by atoms with E-state index in [2.05, 4.69) is 27.1 Å². The highest BCUT2D eigenvalue weighted by molar-refractivity contribution is 5.75. The molecule has 1 rings (SSSR count). The Hall–Kier alpha value is -1.36. The van der Waals surface area contributed by atoms with Crippen molar-refractivity contribution >= 4 is 5.91 Å². The summed E-state index contributed by atoms with van der Waals surface area (Å²) < 4.78 is 2.14. The molecule has 1 aromatic heterocycles. The van der Waals surface area contributed by atoms with Crippen molar-refractivity contribution in [2.45, 2.75) is 46.2 Å². The lowest BCUT2D eigenvalue weighted by atomic mass is 10.3. The van der Waals surface area contributed by atoms with Crippen LogP contribution in [0.4, 0.5) is 0 Å². The predicted molar refractivity (Wildman–Crippen MR) is 72.1 cm³/mol. The maximum Gasteiger partial charge on any atom is 0.221 e. The van der Waals surface area contributed by atoms with Gasteiger partial charge in [-0.15, -0.1) is 0 Å². The number of nitrogens with zero attached hydrogens (tertiary/aromatic N) is 2. The first-order chi connectivity index (χ1) is 8.77. The Morgan fingerprint density at radius 1 is 1.33 bits per heavy atom. The summed E-state index contributed by atoms with van der Waals surface area (Å²) in [4.78, 5) is 15.5. The van der Waals surface area contributed by atoms with Gasteiger partial charge in [0.2, 0.25) is 5.91 Å². The van der Waals surface area contributed by atoms with Gasteiger partial charge in [0.1, 0.15) is 0 Å². The smallest absolute Gasteiger partial charge is 0.221 e. The van der Waals surface area contributed by atoms with Gasteiger partial charge in [0, 0.05) is 38.8 Å². The normalized spacial score (nSPS) is 10.6. The predicted octanol–water partition coefficient (Wildman–Crippen LogP) is 1.30. The fourth-order valence-electron chi connectivity index (χ4n) is 1.71. The molecule has 1 aromatic rings. The monoisotopic (exact) mass is 252 g/mol. The molecule has 0 aliphatic heterocycles. The summed E-state index contributed by atoms with van der Waals surface area (Å²) in [5.74, 6) is 0.117. The van der Waals surface area contributed by atoms with Crippen LogP contribution in [0.5, 0.6) is 0 Å². The van der Waals surface area contributed by atoms with Crippen LogP contribution < -0.4 is 10.6 Å². The molecule has 0 aliphatic rings. The van der Waals surface area contributed by atoms with Gasteiger partial charge >= 0.3 is 0 Å². The number of carbonyl (C=O) groups excluding carboxylic acids is 1. The fraction of sp³-hybridized carbons (Fsp3) is 0.692. The summed E-state index contributed by atoms with van der Waals surface area (Å²) in [6.07, 6.45) is 6.34. The van der Waals surface area contributed by atoms with Crippen molar-refractivity contribution in [2.75, 3.05) is 13.1 Å². The van der Waals surface area contributed by atoms with Crippen molar-refractivity contribution in [3.63, 3.8) is 0 Å². The highest BCUT2D eigenvalue weighted by Crippen LogP contribution is 2.00. The molecule has 1 amide bonds. The van der Waals surface area contributed by atoms with Crippen molar-refractivity contribution in [3.05, 3.63) is 18.2 Å². The maximum atomic E-state index is 11.4. The molecule has 18 heavy (non-hydrogen) atoms. The number of imidazole rings is 1. The van der Waals surface area contributed by atoms with Gasteiger partial charge in [0.05, 0.1) is 12.0 Å². The lowest BCUT2D eigenvalue weighted by Crippen LogP contribution is -2.28. The van der Waals surface area contributed by atoms with Crippen LogP contribution in [-0.4, -0.2) is 28.5 Å². The Bertz CT molecular complexity index is 349. The van der Waals surface area contributed by atoms with Crippen molar-refractivity contribution in [1.29, 1.82) is 0 Å². The minimum atomic E-state index is 0.117. The third-order valence-corrected chi connectivity index (χ3v) is 2.67. The van der Waals surface area contributed by atoms with Gasteiger partial charge in [-0.2, -0.15) is 0 Å². The Morgan fingerprint density at radius 2 is 2.17 bits per heavy atom. The molecule has 0 atom stereocenters. The molecule has 0 saturated carbocycles. The van der Waals surface area contributed by atoms with Gasteiger partial charge in [-0.3, -0.25) is 4.79 Å². The number of carbonyl (C=O) groups is 1. The molecule has 0 radical (unpaired) electrons. The summed E-state index contributed by atoms with van der Waals surface area (Å²) in [6.45, 7) is 7.42. The van der Waals surface area contributed by atoms with Gasteiger partial charge in [0.15, 0.2) is 0 Å². The average Bonchev–Trinajstić information content (AvgIpc) is 2.80. The minimum absolute atomic E-state index is 0.117. The van der Waals surface area contributed by atoms with Gasteiger partial charge in [-0.05, 0) is 12.8 Å². The molecule has 0 unspecified atom stereocenters. The molecule has 0 spiro atoms. The molecule has 0 bridgehead atoms. The number of aryl methyl sites for hydroxylation is 1. The van der Waals surface area contributed by atoms with E-state index in [0.29, 0.717) is 13.0 Å². The number of nitrogens with one attached hydrogen (secondary N) is 2. The fourth-order valence-corrected chi connectivity index (χ4v) is 1.71. The summed E-state index contributed by atoms with van der Waals surface area (Å²) in [5.41, 5.74) is 1.17. The van der Waals surface area contributed by atoms with E-state index in [-0.39, 0.29) is 5.91 Å². The molecule has 1 heterocycles. The third-order valence-electron chi connectivity index (χ3n) is 2.67. The molecule has 0 aliphatic carbocycles. The van der Waals surface area contributed by atoms with Crippen LogP contribution in [0.1, 0.15) is 38.8 Å². The van der Waals surface area contributed by atoms with E-state index in [0.717, 1.165) is 32.5 Å². The number of rotatable bonds is 9. The number of hydrogen-bond donors (Lipinski definition) is 2. The quantitative estimate of drug-likeness (QED) is 0.651. The van der Waals surface area contributed by atoms with Crippen molar-refractivity contribution in [2.24, 2.45) is 0 Å². The number of aromatic nitrogens is 2. The molecule has 0 aromatic carbocycles. The van der Waals surface area contributed by atoms with Crippen molar-refractivity contribution in [1.82, 2.24) is 20.2 Å². The lowest BCUT2D eigenvalue weighted by Gasteiger charge is -2.08. The number of amides is 1. The highest BCUT2D eigenvalue weighted by atomic mass is 16.1. The summed E-state index contributed by atoms with van der Waals surface area (Å²) in [5, 5.41) is 6.13. The van der Waals surface area contributed by atoms with E-state index in [9.17, 15) is 4.79 Å². The summed E-state index contributed by atoms with van der Waals surface area (Å²) in [6, 6.07) is 0. The van der Waals surface area contributed by atoms with Crippen LogP contribution in [0.25, 0.3) is 0 Å². The SMILES string of the molecule is CCCNC(=O)CCNCc1cncn1CCC. The van der Waals surface area contributed by atoms with E-state index in [4.69, 9.17) is 0 Å². The summed E-state index contributed by atoms with van der Waals surface area (Å²) in [7, 11) is 0. The van der Waals surface area contributed by atoms with Gasteiger partial charge in [0.25, 0.3) is 0 Å². The molecule has 0 saturated heterocycles. The molecule has 5 nitrogen and oxygen atoms in total. The topological polar surface area (TPSA) is 59.0 Å². The first-order valence-corrected chi connectivity index (χ1v) is 6.74. The molecule has 0 fully saturated rings. The van der Waals surface area contributed by atoms with E-state index >= 15 is 0 Å². The Morgan fingerprint density at radius 3 is 2.89 bits per heavy atom. The van der Waals surface area contributed by atoms with Crippen LogP contribution in [0.2, 0.25) is 0 Å². The Balaban J connectivity index is 2.17. The minimum Gasteiger partial charge on any atom is -0.356 e. The van der Waals surface area contributed by atoms with Gasteiger partial charge in [-0.25, -0.2) is 4.98 Å². The zero-order valence-corrected chi connectivity index (χ0v) is 11.4. The number of hydrogen-bond acceptors (Lipinski definition) is 3. The van der Waals surface area contributed by atoms with Gasteiger partial charge < -0.3 is 15.2 Å². The lowest BCUT2D eigenvalue weighted by molar-refractivity contribution is -0.120. The largest absolute Gasteiger partial charge is 0.356 e. The third kappa shape index (κ3) is 5.31. The van der Waals surface area contributed by atoms with Crippen molar-refractivity contribution < 1.29 is 4.79 Å². The van der Waals surface area contributed by atoms with E-state index in [1.807, 2.05) is 19.4 Å². The van der Waals surface area contributed by atoms with Crippen LogP contribution in [0.3, 0.4) is 0 Å². The van der Waals surface area contributed by atoms with Crippen molar-refractivity contribution in [3.8, 4) is 0 Å². The standard InChI is InChI=1S/C13H24N4O/c1-3-6-16-13(18)5-7-14-9-12-10-15-11-17(12)8-4-2/h10-11,14H,3-9H2,1-2H3,(H,16,18). The van der Waals surface area contributed by atoms with E-state index in [1.165, 1.54) is 5.69 Å². The maximum absolute atomic E-state index is 11.4.